The molecule has 3 nitrogen and oxygen atoms in total. The molecule has 1 aromatic rings. The average Bonchev–Trinajstić information content (AvgIpc) is 2.28. The minimum Gasteiger partial charge on any atom is -0.299 e. The third-order valence-electron chi connectivity index (χ3n) is 2.47. The van der Waals surface area contributed by atoms with E-state index in [1.165, 1.54) is 0 Å². The highest BCUT2D eigenvalue weighted by Gasteiger charge is 2.25. The van der Waals surface area contributed by atoms with Gasteiger partial charge in [-0.25, -0.2) is 0 Å². The van der Waals surface area contributed by atoms with Crippen LogP contribution in [0.4, 0.5) is 0 Å². The van der Waals surface area contributed by atoms with Crippen LogP contribution in [-0.4, -0.2) is 14.8 Å². The Balaban J connectivity index is 3.08. The molecule has 0 aromatic carbocycles. The molecule has 0 aliphatic rings. The molecule has 1 atom stereocenters. The van der Waals surface area contributed by atoms with E-state index in [9.17, 15) is 0 Å². The fourth-order valence-corrected chi connectivity index (χ4v) is 1.48. The molecule has 4 heteroatoms. The third kappa shape index (κ3) is 2.02. The van der Waals surface area contributed by atoms with Gasteiger partial charge < -0.3 is 0 Å². The molecule has 0 N–H and O–H groups in total. The zero-order chi connectivity index (χ0) is 10.2. The van der Waals surface area contributed by atoms with Crippen molar-refractivity contribution in [1.82, 2.24) is 14.8 Å². The molecule has 0 aliphatic carbocycles. The lowest BCUT2D eigenvalue weighted by molar-refractivity contribution is 0.259. The molecular weight excluding hydrogens is 186 g/mol. The lowest BCUT2D eigenvalue weighted by Gasteiger charge is -2.29. The van der Waals surface area contributed by atoms with Crippen molar-refractivity contribution in [2.45, 2.75) is 40.7 Å². The summed E-state index contributed by atoms with van der Waals surface area (Å²) in [6.07, 6.45) is 0. The second-order valence-electron chi connectivity index (χ2n) is 4.43. The van der Waals surface area contributed by atoms with Crippen LogP contribution in [0.1, 0.15) is 39.6 Å². The van der Waals surface area contributed by atoms with Gasteiger partial charge in [-0.05, 0) is 30.9 Å². The first-order chi connectivity index (χ1) is 5.84. The van der Waals surface area contributed by atoms with Crippen LogP contribution in [-0.2, 0) is 0 Å². The molecule has 1 rings (SSSR count). The Morgan fingerprint density at radius 3 is 2.15 bits per heavy atom. The highest BCUT2D eigenvalue weighted by atomic mass is 35.5. The predicted octanol–water partition coefficient (Wildman–Crippen LogP) is 2.85. The lowest BCUT2D eigenvalue weighted by Crippen LogP contribution is -2.22. The molecule has 0 radical (unpaired) electrons. The minimum atomic E-state index is 0.163. The van der Waals surface area contributed by atoms with Gasteiger partial charge in [-0.1, -0.05) is 20.8 Å². The van der Waals surface area contributed by atoms with E-state index in [2.05, 4.69) is 37.9 Å². The first kappa shape index (κ1) is 10.5. The first-order valence-electron chi connectivity index (χ1n) is 4.41. The van der Waals surface area contributed by atoms with Crippen molar-refractivity contribution < 1.29 is 0 Å². The van der Waals surface area contributed by atoms with E-state index in [0.717, 1.165) is 5.82 Å². The molecule has 0 amide bonds. The molecule has 1 aromatic heterocycles. The van der Waals surface area contributed by atoms with Gasteiger partial charge in [0.2, 0.25) is 5.28 Å². The predicted molar refractivity (Wildman–Crippen MR) is 53.9 cm³/mol. The van der Waals surface area contributed by atoms with E-state index in [1.807, 2.05) is 11.5 Å². The number of hydrogen-bond donors (Lipinski definition) is 0. The van der Waals surface area contributed by atoms with Crippen molar-refractivity contribution in [2.24, 2.45) is 5.41 Å². The van der Waals surface area contributed by atoms with Gasteiger partial charge in [0.25, 0.3) is 0 Å². The number of aromatic nitrogens is 3. The minimum absolute atomic E-state index is 0.163. The molecule has 0 saturated carbocycles. The van der Waals surface area contributed by atoms with Crippen LogP contribution in [0.25, 0.3) is 0 Å². The fraction of sp³-hybridized carbons (Fsp3) is 0.778. The van der Waals surface area contributed by atoms with Crippen molar-refractivity contribution >= 4 is 11.6 Å². The largest absolute Gasteiger partial charge is 0.299 e. The summed E-state index contributed by atoms with van der Waals surface area (Å²) in [4.78, 5) is 0. The smallest absolute Gasteiger partial charge is 0.225 e. The Hall–Kier alpha value is -0.570. The van der Waals surface area contributed by atoms with Gasteiger partial charge in [0.15, 0.2) is 0 Å². The van der Waals surface area contributed by atoms with Crippen LogP contribution in [0.3, 0.4) is 0 Å². The second-order valence-corrected chi connectivity index (χ2v) is 4.77. The van der Waals surface area contributed by atoms with Crippen LogP contribution in [0, 0.1) is 12.3 Å². The van der Waals surface area contributed by atoms with Crippen LogP contribution in [0.5, 0.6) is 0 Å². The van der Waals surface area contributed by atoms with Crippen molar-refractivity contribution in [3.05, 3.63) is 11.1 Å². The Kier molecular flexibility index (Phi) is 2.66. The summed E-state index contributed by atoms with van der Waals surface area (Å²) in [5.74, 6) is 0.868. The number of halogens is 1. The quantitative estimate of drug-likeness (QED) is 0.700. The number of hydrogen-bond acceptors (Lipinski definition) is 2. The van der Waals surface area contributed by atoms with Crippen molar-refractivity contribution in [3.63, 3.8) is 0 Å². The zero-order valence-corrected chi connectivity index (χ0v) is 9.55. The van der Waals surface area contributed by atoms with E-state index in [4.69, 9.17) is 11.6 Å². The number of aryl methyl sites for hydroxylation is 1. The van der Waals surface area contributed by atoms with Gasteiger partial charge in [0.05, 0.1) is 0 Å². The second kappa shape index (κ2) is 3.29. The Bertz CT molecular complexity index is 279. The lowest BCUT2D eigenvalue weighted by atomic mass is 9.88. The van der Waals surface area contributed by atoms with Gasteiger partial charge in [0, 0.05) is 6.04 Å². The van der Waals surface area contributed by atoms with Crippen LogP contribution in [0.2, 0.25) is 5.28 Å². The molecule has 13 heavy (non-hydrogen) atoms. The monoisotopic (exact) mass is 201 g/mol. The molecular formula is C9H16ClN3. The van der Waals surface area contributed by atoms with E-state index < -0.39 is 0 Å². The summed E-state index contributed by atoms with van der Waals surface area (Å²) in [6.45, 7) is 10.6. The van der Waals surface area contributed by atoms with Crippen LogP contribution >= 0.6 is 11.6 Å². The number of rotatable bonds is 1. The SMILES string of the molecule is Cc1nnc(Cl)n1C(C)C(C)(C)C. The van der Waals surface area contributed by atoms with Gasteiger partial charge >= 0.3 is 0 Å². The van der Waals surface area contributed by atoms with Crippen LogP contribution < -0.4 is 0 Å². The summed E-state index contributed by atoms with van der Waals surface area (Å²) in [7, 11) is 0. The third-order valence-corrected chi connectivity index (χ3v) is 2.72. The molecule has 0 bridgehead atoms. The van der Waals surface area contributed by atoms with E-state index in [1.54, 1.807) is 0 Å². The zero-order valence-electron chi connectivity index (χ0n) is 8.80. The Morgan fingerprint density at radius 2 is 1.85 bits per heavy atom. The first-order valence-corrected chi connectivity index (χ1v) is 4.79. The van der Waals surface area contributed by atoms with Crippen molar-refractivity contribution in [1.29, 1.82) is 0 Å². The molecule has 0 aliphatic heterocycles. The van der Waals surface area contributed by atoms with E-state index >= 15 is 0 Å². The molecule has 1 unspecified atom stereocenters. The van der Waals surface area contributed by atoms with Crippen molar-refractivity contribution in [3.8, 4) is 0 Å². The molecule has 0 fully saturated rings. The topological polar surface area (TPSA) is 30.7 Å². The maximum atomic E-state index is 5.94. The molecule has 74 valence electrons. The van der Waals surface area contributed by atoms with Gasteiger partial charge in [-0.15, -0.1) is 10.2 Å². The maximum Gasteiger partial charge on any atom is 0.225 e. The van der Waals surface area contributed by atoms with E-state index in [0.29, 0.717) is 11.3 Å². The normalized spacial score (nSPS) is 14.6. The summed E-state index contributed by atoms with van der Waals surface area (Å²) >= 11 is 5.94. The average molecular weight is 202 g/mol. The van der Waals surface area contributed by atoms with Crippen molar-refractivity contribution in [2.75, 3.05) is 0 Å². The van der Waals surface area contributed by atoms with Gasteiger partial charge in [-0.3, -0.25) is 4.57 Å². The molecule has 0 saturated heterocycles. The fourth-order valence-electron chi connectivity index (χ4n) is 1.17. The standard InChI is InChI=1S/C9H16ClN3/c1-6(9(3,4)5)13-7(2)11-12-8(13)10/h6H,1-5H3. The summed E-state index contributed by atoms with van der Waals surface area (Å²) in [6, 6.07) is 0.301. The van der Waals surface area contributed by atoms with Crippen LogP contribution in [0.15, 0.2) is 0 Å². The van der Waals surface area contributed by atoms with Gasteiger partial charge in [-0.2, -0.15) is 0 Å². The Labute approximate surface area is 84.1 Å². The summed E-state index contributed by atoms with van der Waals surface area (Å²) in [5, 5.41) is 8.23. The summed E-state index contributed by atoms with van der Waals surface area (Å²) in [5.41, 5.74) is 0.163. The number of nitrogens with zero attached hydrogens (tertiary/aromatic N) is 3. The van der Waals surface area contributed by atoms with E-state index in [-0.39, 0.29) is 5.41 Å². The molecule has 1 heterocycles. The van der Waals surface area contributed by atoms with Gasteiger partial charge in [0.1, 0.15) is 5.82 Å². The molecule has 0 spiro atoms. The highest BCUT2D eigenvalue weighted by molar-refractivity contribution is 6.28. The summed E-state index contributed by atoms with van der Waals surface area (Å²) < 4.78 is 1.96. The maximum absolute atomic E-state index is 5.94. The highest BCUT2D eigenvalue weighted by Crippen LogP contribution is 2.32. The Morgan fingerprint density at radius 1 is 1.31 bits per heavy atom.